The fourth-order valence-corrected chi connectivity index (χ4v) is 12.9. The molecule has 3 aromatic rings. The number of piperazine rings is 1. The number of ether oxygens (including phenoxy) is 1. The van der Waals surface area contributed by atoms with E-state index in [9.17, 15) is 14.4 Å². The number of rotatable bonds is 22. The van der Waals surface area contributed by atoms with Gasteiger partial charge >= 0.3 is 0 Å². The van der Waals surface area contributed by atoms with Crippen molar-refractivity contribution in [3.63, 3.8) is 0 Å². The first-order valence-electron chi connectivity index (χ1n) is 25.6. The lowest BCUT2D eigenvalue weighted by Crippen LogP contribution is -2.46. The molecule has 2 unspecified atom stereocenters. The number of benzene rings is 1. The Labute approximate surface area is 381 Å². The predicted molar refractivity (Wildman–Crippen MR) is 255 cm³/mol. The van der Waals surface area contributed by atoms with E-state index in [1.165, 1.54) is 96.4 Å². The number of fused-ring (bicyclic) bond motifs is 1. The van der Waals surface area contributed by atoms with Gasteiger partial charge in [0, 0.05) is 86.5 Å². The quantitative estimate of drug-likeness (QED) is 0.0846. The van der Waals surface area contributed by atoms with Crippen LogP contribution in [0.5, 0.6) is 5.75 Å². The van der Waals surface area contributed by atoms with E-state index in [2.05, 4.69) is 42.9 Å². The van der Waals surface area contributed by atoms with Crippen molar-refractivity contribution in [1.82, 2.24) is 30.1 Å². The van der Waals surface area contributed by atoms with Crippen LogP contribution in [0, 0.1) is 36.0 Å². The lowest BCUT2D eigenvalue weighted by atomic mass is 9.73. The van der Waals surface area contributed by atoms with Crippen LogP contribution in [0.1, 0.15) is 153 Å². The Balaban J connectivity index is 0.647. The van der Waals surface area contributed by atoms with Crippen molar-refractivity contribution in [2.24, 2.45) is 29.1 Å². The van der Waals surface area contributed by atoms with Crippen LogP contribution in [-0.4, -0.2) is 83.7 Å². The third-order valence-corrected chi connectivity index (χ3v) is 16.4. The van der Waals surface area contributed by atoms with Gasteiger partial charge in [0.1, 0.15) is 11.4 Å². The molecule has 10 rings (SSSR count). The molecule has 6 aliphatic carbocycles. The van der Waals surface area contributed by atoms with Crippen molar-refractivity contribution in [3.8, 4) is 5.75 Å². The second-order valence-corrected chi connectivity index (χ2v) is 21.1. The van der Waals surface area contributed by atoms with Crippen LogP contribution < -0.4 is 31.1 Å². The van der Waals surface area contributed by atoms with E-state index in [0.29, 0.717) is 22.9 Å². The third-order valence-electron chi connectivity index (χ3n) is 16.4. The summed E-state index contributed by atoms with van der Waals surface area (Å²) in [6.45, 7) is 8.10. The minimum absolute atomic E-state index is 0.0203. The maximum Gasteiger partial charge on any atom is 0.252 e. The van der Waals surface area contributed by atoms with Gasteiger partial charge in [0.05, 0.1) is 12.8 Å². The average Bonchev–Trinajstić information content (AvgIpc) is 4.08. The zero-order valence-corrected chi connectivity index (χ0v) is 39.0. The average molecular weight is 877 g/mol. The van der Waals surface area contributed by atoms with E-state index in [1.807, 2.05) is 23.8 Å². The van der Waals surface area contributed by atoms with Gasteiger partial charge in [-0.15, -0.1) is 0 Å². The van der Waals surface area contributed by atoms with E-state index in [4.69, 9.17) is 9.72 Å². The zero-order chi connectivity index (χ0) is 44.0. The van der Waals surface area contributed by atoms with Gasteiger partial charge in [-0.05, 0) is 138 Å². The second kappa shape index (κ2) is 20.5. The van der Waals surface area contributed by atoms with Crippen LogP contribution in [0.4, 0.5) is 17.3 Å². The molecule has 3 heterocycles. The van der Waals surface area contributed by atoms with Gasteiger partial charge in [-0.3, -0.25) is 23.9 Å². The topological polar surface area (TPSA) is 134 Å². The number of methoxy groups -OCH3 is 1. The number of nitrogens with zero attached hydrogens (tertiary/aromatic N) is 5. The summed E-state index contributed by atoms with van der Waals surface area (Å²) in [6, 6.07) is 8.17. The van der Waals surface area contributed by atoms with Gasteiger partial charge < -0.3 is 25.6 Å². The van der Waals surface area contributed by atoms with Crippen LogP contribution in [-0.2, 0) is 9.59 Å². The summed E-state index contributed by atoms with van der Waals surface area (Å²) in [5, 5.41) is 10.8. The molecule has 2 atom stereocenters. The molecule has 348 valence electrons. The van der Waals surface area contributed by atoms with Gasteiger partial charge in [-0.25, -0.2) is 4.98 Å². The van der Waals surface area contributed by atoms with E-state index < -0.39 is 0 Å². The number of aryl methyl sites for hydroxylation is 1. The van der Waals surface area contributed by atoms with Crippen molar-refractivity contribution in [3.05, 3.63) is 46.4 Å². The molecule has 7 aliphatic rings. The highest BCUT2D eigenvalue weighted by molar-refractivity contribution is 5.81. The van der Waals surface area contributed by atoms with Gasteiger partial charge in [0.2, 0.25) is 17.8 Å². The predicted octanol–water partition coefficient (Wildman–Crippen LogP) is 9.22. The van der Waals surface area contributed by atoms with E-state index >= 15 is 0 Å². The first kappa shape index (κ1) is 45.0. The summed E-state index contributed by atoms with van der Waals surface area (Å²) < 4.78 is 7.73. The summed E-state index contributed by atoms with van der Waals surface area (Å²) >= 11 is 0. The zero-order valence-electron chi connectivity index (χ0n) is 39.0. The van der Waals surface area contributed by atoms with Crippen molar-refractivity contribution < 1.29 is 14.3 Å². The molecule has 64 heavy (non-hydrogen) atoms. The number of aromatic nitrogens is 3. The molecule has 1 saturated heterocycles. The number of carbonyl (C=O) groups is 2. The molecule has 0 radical (unpaired) electrons. The van der Waals surface area contributed by atoms with E-state index in [-0.39, 0.29) is 29.5 Å². The number of pyridine rings is 1. The Bertz CT molecular complexity index is 2120. The number of amides is 2. The van der Waals surface area contributed by atoms with Crippen molar-refractivity contribution in [1.29, 1.82) is 0 Å². The highest BCUT2D eigenvalue weighted by Crippen LogP contribution is 2.66. The molecule has 2 aromatic heterocycles. The van der Waals surface area contributed by atoms with Crippen molar-refractivity contribution in [2.45, 2.75) is 160 Å². The first-order chi connectivity index (χ1) is 31.2. The number of hydrogen-bond donors (Lipinski definition) is 3. The standard InChI is InChI=1S/C52H76N8O4/c1-36-27-48(62)60(42-17-15-41(16-18-42)55-50(63)39-13-14-39)49-44(36)35-54-51(57-49)56-45-20-19-43(31-46(45)64-2)59-25-23-58(24-26-59)22-12-10-8-6-4-3-5-7-9-11-21-53-47(61)34-52-32-37-28-38(33-52)30-40(52)29-37/h19-20,27,31,35,37-42H,3-18,21-26,28-30,32-34H2,1-2H3,(H,53,61)(H,55,63)(H,54,56,57). The van der Waals surface area contributed by atoms with Crippen LogP contribution >= 0.6 is 0 Å². The van der Waals surface area contributed by atoms with Crippen LogP contribution in [0.2, 0.25) is 0 Å². The lowest BCUT2D eigenvalue weighted by molar-refractivity contribution is -0.124. The van der Waals surface area contributed by atoms with Crippen LogP contribution in [0.3, 0.4) is 0 Å². The Morgan fingerprint density at radius 2 is 1.52 bits per heavy atom. The fourth-order valence-electron chi connectivity index (χ4n) is 12.9. The maximum absolute atomic E-state index is 13.5. The number of nitrogens with one attached hydrogen (secondary N) is 3. The molecule has 12 heteroatoms. The Kier molecular flexibility index (Phi) is 14.4. The fraction of sp³-hybridized carbons (Fsp3) is 0.712. The molecule has 12 nitrogen and oxygen atoms in total. The maximum atomic E-state index is 13.5. The molecule has 2 amide bonds. The molecule has 4 bridgehead atoms. The van der Waals surface area contributed by atoms with Crippen molar-refractivity contribution in [2.75, 3.05) is 56.6 Å². The van der Waals surface area contributed by atoms with Crippen LogP contribution in [0.15, 0.2) is 35.3 Å². The molecule has 1 aromatic carbocycles. The Hall–Kier alpha value is -4.19. The second-order valence-electron chi connectivity index (χ2n) is 21.1. The van der Waals surface area contributed by atoms with Crippen LogP contribution in [0.25, 0.3) is 11.0 Å². The minimum atomic E-state index is -0.0453. The highest BCUT2D eigenvalue weighted by atomic mass is 16.5. The number of anilines is 3. The van der Waals surface area contributed by atoms with Gasteiger partial charge in [0.15, 0.2) is 0 Å². The lowest BCUT2D eigenvalue weighted by Gasteiger charge is -2.36. The minimum Gasteiger partial charge on any atom is -0.494 e. The number of hydrogen-bond acceptors (Lipinski definition) is 9. The SMILES string of the molecule is COc1cc(N2CCN(CCCCCCCCCCCCNC(=O)CC34CC5CC(CC3C5)C4)CC2)ccc1Nc1ncc2c(C)cc(=O)n(C3CCC(NC(=O)C4CC4)CC3)c2n1. The summed E-state index contributed by atoms with van der Waals surface area (Å²) in [4.78, 5) is 53.2. The molecule has 6 saturated carbocycles. The molecule has 3 N–H and O–H groups in total. The normalized spacial score (nSPS) is 26.4. The Morgan fingerprint density at radius 3 is 2.20 bits per heavy atom. The Morgan fingerprint density at radius 1 is 0.828 bits per heavy atom. The van der Waals surface area contributed by atoms with Crippen molar-refractivity contribution >= 4 is 40.2 Å². The van der Waals surface area contributed by atoms with Gasteiger partial charge in [-0.2, -0.15) is 4.98 Å². The molecular formula is C52H76N8O4. The van der Waals surface area contributed by atoms with Gasteiger partial charge in [-0.1, -0.05) is 51.4 Å². The monoisotopic (exact) mass is 877 g/mol. The molecule has 0 spiro atoms. The summed E-state index contributed by atoms with van der Waals surface area (Å²) in [6.07, 6.45) is 27.8. The molecular weight excluding hydrogens is 801 g/mol. The third kappa shape index (κ3) is 10.7. The highest BCUT2D eigenvalue weighted by Gasteiger charge is 2.58. The molecule has 1 aliphatic heterocycles. The summed E-state index contributed by atoms with van der Waals surface area (Å²) in [5.74, 6) is 4.59. The largest absolute Gasteiger partial charge is 0.494 e. The number of carbonyl (C=O) groups excluding carboxylic acids is 2. The first-order valence-corrected chi connectivity index (χ1v) is 25.6. The smallest absolute Gasteiger partial charge is 0.252 e. The van der Waals surface area contributed by atoms with E-state index in [0.717, 1.165) is 130 Å². The summed E-state index contributed by atoms with van der Waals surface area (Å²) in [7, 11) is 1.70. The number of unbranched alkanes of at least 4 members (excludes halogenated alkanes) is 9. The summed E-state index contributed by atoms with van der Waals surface area (Å²) in [5.41, 5.74) is 3.77. The van der Waals surface area contributed by atoms with Gasteiger partial charge in [0.25, 0.3) is 5.56 Å². The van der Waals surface area contributed by atoms with E-state index in [1.54, 1.807) is 13.2 Å². The molecule has 7 fully saturated rings.